The van der Waals surface area contributed by atoms with E-state index in [4.69, 9.17) is 10.5 Å². The summed E-state index contributed by atoms with van der Waals surface area (Å²) in [6, 6.07) is 16.2. The van der Waals surface area contributed by atoms with Crippen molar-refractivity contribution in [1.29, 1.82) is 0 Å². The minimum Gasteiger partial charge on any atom is -0.489 e. The van der Waals surface area contributed by atoms with Crippen LogP contribution in [0, 0.1) is 6.92 Å². The van der Waals surface area contributed by atoms with E-state index in [0.717, 1.165) is 11.3 Å². The third-order valence-electron chi connectivity index (χ3n) is 2.65. The van der Waals surface area contributed by atoms with Crippen molar-refractivity contribution >= 4 is 0 Å². The highest BCUT2D eigenvalue weighted by Gasteiger charge is 1.96. The van der Waals surface area contributed by atoms with Crippen molar-refractivity contribution in [2.75, 3.05) is 0 Å². The summed E-state index contributed by atoms with van der Waals surface area (Å²) >= 11 is 0. The molecule has 2 heteroatoms. The SMILES string of the molecule is Cc1cccc(COc2ccc(CN)cc2)c1. The standard InChI is InChI=1S/C15H17NO/c1-12-3-2-4-14(9-12)11-17-15-7-5-13(10-16)6-8-15/h2-9H,10-11,16H2,1H3. The fourth-order valence-electron chi connectivity index (χ4n) is 1.69. The van der Waals surface area contributed by atoms with Crippen LogP contribution < -0.4 is 10.5 Å². The quantitative estimate of drug-likeness (QED) is 0.871. The summed E-state index contributed by atoms with van der Waals surface area (Å²) in [5.41, 5.74) is 9.10. The van der Waals surface area contributed by atoms with Crippen LogP contribution >= 0.6 is 0 Å². The van der Waals surface area contributed by atoms with Crippen molar-refractivity contribution in [2.45, 2.75) is 20.1 Å². The molecule has 2 aromatic carbocycles. The second-order valence-electron chi connectivity index (χ2n) is 4.13. The zero-order valence-corrected chi connectivity index (χ0v) is 10.0. The van der Waals surface area contributed by atoms with Gasteiger partial charge in [0.15, 0.2) is 0 Å². The van der Waals surface area contributed by atoms with Gasteiger partial charge in [-0.25, -0.2) is 0 Å². The second kappa shape index (κ2) is 5.51. The Morgan fingerprint density at radius 3 is 2.41 bits per heavy atom. The highest BCUT2D eigenvalue weighted by molar-refractivity contribution is 5.28. The Morgan fingerprint density at radius 1 is 1.00 bits per heavy atom. The molecular formula is C15H17NO. The van der Waals surface area contributed by atoms with Crippen molar-refractivity contribution in [3.05, 3.63) is 65.2 Å². The Hall–Kier alpha value is -1.80. The van der Waals surface area contributed by atoms with E-state index in [-0.39, 0.29) is 0 Å². The molecule has 2 nitrogen and oxygen atoms in total. The number of ether oxygens (including phenoxy) is 1. The van der Waals surface area contributed by atoms with Gasteiger partial charge < -0.3 is 10.5 Å². The monoisotopic (exact) mass is 227 g/mol. The predicted octanol–water partition coefficient (Wildman–Crippen LogP) is 3.03. The molecule has 0 radical (unpaired) electrons. The van der Waals surface area contributed by atoms with Gasteiger partial charge in [-0.05, 0) is 30.2 Å². The summed E-state index contributed by atoms with van der Waals surface area (Å²) < 4.78 is 5.71. The Labute approximate surface area is 102 Å². The van der Waals surface area contributed by atoms with Gasteiger partial charge in [0.2, 0.25) is 0 Å². The fraction of sp³-hybridized carbons (Fsp3) is 0.200. The molecule has 0 aliphatic heterocycles. The van der Waals surface area contributed by atoms with Gasteiger partial charge in [-0.1, -0.05) is 42.0 Å². The number of nitrogens with two attached hydrogens (primary N) is 1. The summed E-state index contributed by atoms with van der Waals surface area (Å²) in [4.78, 5) is 0. The third-order valence-corrected chi connectivity index (χ3v) is 2.65. The third kappa shape index (κ3) is 3.33. The maximum atomic E-state index is 5.71. The van der Waals surface area contributed by atoms with E-state index in [9.17, 15) is 0 Å². The molecule has 2 N–H and O–H groups in total. The zero-order valence-electron chi connectivity index (χ0n) is 10.0. The van der Waals surface area contributed by atoms with E-state index >= 15 is 0 Å². The first-order valence-electron chi connectivity index (χ1n) is 5.75. The molecule has 0 aliphatic rings. The number of hydrogen-bond acceptors (Lipinski definition) is 2. The molecule has 17 heavy (non-hydrogen) atoms. The average Bonchev–Trinajstić information content (AvgIpc) is 2.37. The van der Waals surface area contributed by atoms with Crippen molar-refractivity contribution in [2.24, 2.45) is 5.73 Å². The number of aryl methyl sites for hydroxylation is 1. The maximum absolute atomic E-state index is 5.71. The van der Waals surface area contributed by atoms with Gasteiger partial charge in [0.25, 0.3) is 0 Å². The average molecular weight is 227 g/mol. The van der Waals surface area contributed by atoms with Gasteiger partial charge >= 0.3 is 0 Å². The van der Waals surface area contributed by atoms with Crippen molar-refractivity contribution in [3.63, 3.8) is 0 Å². The Bertz CT molecular complexity index is 477. The van der Waals surface area contributed by atoms with Crippen LogP contribution in [0.3, 0.4) is 0 Å². The summed E-state index contributed by atoms with van der Waals surface area (Å²) in [5.74, 6) is 0.878. The first-order valence-corrected chi connectivity index (χ1v) is 5.75. The van der Waals surface area contributed by atoms with Crippen LogP contribution in [0.2, 0.25) is 0 Å². The number of hydrogen-bond donors (Lipinski definition) is 1. The summed E-state index contributed by atoms with van der Waals surface area (Å²) in [7, 11) is 0. The predicted molar refractivity (Wildman–Crippen MR) is 69.8 cm³/mol. The largest absolute Gasteiger partial charge is 0.489 e. The topological polar surface area (TPSA) is 35.2 Å². The first kappa shape index (κ1) is 11.7. The molecule has 0 unspecified atom stereocenters. The van der Waals surface area contributed by atoms with Crippen LogP contribution in [0.4, 0.5) is 0 Å². The minimum atomic E-state index is 0.568. The number of benzene rings is 2. The van der Waals surface area contributed by atoms with Gasteiger partial charge in [-0.15, -0.1) is 0 Å². The van der Waals surface area contributed by atoms with E-state index < -0.39 is 0 Å². The van der Waals surface area contributed by atoms with Crippen LogP contribution in [0.15, 0.2) is 48.5 Å². The molecular weight excluding hydrogens is 210 g/mol. The highest BCUT2D eigenvalue weighted by Crippen LogP contribution is 2.14. The molecule has 0 amide bonds. The van der Waals surface area contributed by atoms with E-state index in [2.05, 4.69) is 25.1 Å². The van der Waals surface area contributed by atoms with Crippen LogP contribution in [-0.4, -0.2) is 0 Å². The van der Waals surface area contributed by atoms with Gasteiger partial charge in [0.05, 0.1) is 0 Å². The molecule has 0 heterocycles. The van der Waals surface area contributed by atoms with Gasteiger partial charge in [0, 0.05) is 6.54 Å². The molecule has 0 saturated heterocycles. The van der Waals surface area contributed by atoms with E-state index in [1.165, 1.54) is 11.1 Å². The lowest BCUT2D eigenvalue weighted by atomic mass is 10.1. The number of rotatable bonds is 4. The van der Waals surface area contributed by atoms with Gasteiger partial charge in [-0.2, -0.15) is 0 Å². The van der Waals surface area contributed by atoms with Crippen molar-refractivity contribution in [3.8, 4) is 5.75 Å². The van der Waals surface area contributed by atoms with Gasteiger partial charge in [0.1, 0.15) is 12.4 Å². The smallest absolute Gasteiger partial charge is 0.119 e. The van der Waals surface area contributed by atoms with Crippen LogP contribution in [0.5, 0.6) is 5.75 Å². The maximum Gasteiger partial charge on any atom is 0.119 e. The summed E-state index contributed by atoms with van der Waals surface area (Å²) in [6.07, 6.45) is 0. The molecule has 0 atom stereocenters. The fourth-order valence-corrected chi connectivity index (χ4v) is 1.69. The normalized spacial score (nSPS) is 10.2. The van der Waals surface area contributed by atoms with E-state index in [0.29, 0.717) is 13.2 Å². The lowest BCUT2D eigenvalue weighted by Gasteiger charge is -2.07. The highest BCUT2D eigenvalue weighted by atomic mass is 16.5. The molecule has 0 saturated carbocycles. The van der Waals surface area contributed by atoms with Crippen LogP contribution in [0.25, 0.3) is 0 Å². The summed E-state index contributed by atoms with van der Waals surface area (Å²) in [5, 5.41) is 0. The molecule has 0 spiro atoms. The molecule has 2 aromatic rings. The molecule has 0 fully saturated rings. The Morgan fingerprint density at radius 2 is 1.76 bits per heavy atom. The first-order chi connectivity index (χ1) is 8.28. The molecule has 0 aromatic heterocycles. The molecule has 0 bridgehead atoms. The lowest BCUT2D eigenvalue weighted by Crippen LogP contribution is -1.98. The zero-order chi connectivity index (χ0) is 12.1. The van der Waals surface area contributed by atoms with E-state index in [1.807, 2.05) is 30.3 Å². The summed E-state index contributed by atoms with van der Waals surface area (Å²) in [6.45, 7) is 3.25. The second-order valence-corrected chi connectivity index (χ2v) is 4.13. The van der Waals surface area contributed by atoms with Crippen LogP contribution in [-0.2, 0) is 13.2 Å². The minimum absolute atomic E-state index is 0.568. The molecule has 0 aliphatic carbocycles. The Kier molecular flexibility index (Phi) is 3.78. The lowest BCUT2D eigenvalue weighted by molar-refractivity contribution is 0.306. The van der Waals surface area contributed by atoms with Gasteiger partial charge in [-0.3, -0.25) is 0 Å². The van der Waals surface area contributed by atoms with Crippen LogP contribution in [0.1, 0.15) is 16.7 Å². The molecule has 2 rings (SSSR count). The van der Waals surface area contributed by atoms with Crippen molar-refractivity contribution in [1.82, 2.24) is 0 Å². The Balaban J connectivity index is 1.97. The molecule has 88 valence electrons. The van der Waals surface area contributed by atoms with Crippen molar-refractivity contribution < 1.29 is 4.74 Å². The van der Waals surface area contributed by atoms with E-state index in [1.54, 1.807) is 0 Å².